The minimum absolute atomic E-state index is 0.0690. The van der Waals surface area contributed by atoms with Gasteiger partial charge in [0.1, 0.15) is 5.82 Å². The van der Waals surface area contributed by atoms with Gasteiger partial charge in [-0.15, -0.1) is 10.2 Å². The van der Waals surface area contributed by atoms with Crippen LogP contribution in [0.4, 0.5) is 0 Å². The van der Waals surface area contributed by atoms with Gasteiger partial charge in [-0.3, -0.25) is 9.36 Å². The number of aryl methyl sites for hydroxylation is 1. The zero-order chi connectivity index (χ0) is 11.1. The standard InChI is InChI=1S/C11H10N4O/c1-7-13-14-10-6-12-11(16)8-4-2-3-5-9(8)15(7)10/h2-5H,6H2,1H3,(H,12,16). The van der Waals surface area contributed by atoms with E-state index in [2.05, 4.69) is 15.5 Å². The number of carbonyl (C=O) groups is 1. The molecule has 1 aromatic carbocycles. The lowest BCUT2D eigenvalue weighted by Crippen LogP contribution is -2.21. The van der Waals surface area contributed by atoms with Gasteiger partial charge in [0.2, 0.25) is 0 Å². The predicted octanol–water partition coefficient (Wildman–Crippen LogP) is 0.819. The third-order valence-electron chi connectivity index (χ3n) is 2.69. The maximum atomic E-state index is 11.8. The Bertz CT molecular complexity index is 573. The first kappa shape index (κ1) is 9.08. The van der Waals surface area contributed by atoms with Crippen molar-refractivity contribution in [1.82, 2.24) is 20.1 Å². The van der Waals surface area contributed by atoms with Crippen LogP contribution in [0.25, 0.3) is 5.69 Å². The van der Waals surface area contributed by atoms with Crippen LogP contribution >= 0.6 is 0 Å². The fourth-order valence-electron chi connectivity index (χ4n) is 1.95. The van der Waals surface area contributed by atoms with Crippen LogP contribution in [0.5, 0.6) is 0 Å². The third kappa shape index (κ3) is 1.14. The van der Waals surface area contributed by atoms with Gasteiger partial charge in [0.25, 0.3) is 5.91 Å². The molecular weight excluding hydrogens is 204 g/mol. The summed E-state index contributed by atoms with van der Waals surface area (Å²) < 4.78 is 1.91. The predicted molar refractivity (Wildman–Crippen MR) is 57.3 cm³/mol. The molecular formula is C11H10N4O. The normalized spacial score (nSPS) is 13.7. The van der Waals surface area contributed by atoms with Gasteiger partial charge in [-0.1, -0.05) is 12.1 Å². The van der Waals surface area contributed by atoms with Crippen molar-refractivity contribution in [2.75, 3.05) is 0 Å². The van der Waals surface area contributed by atoms with E-state index in [1.54, 1.807) is 6.07 Å². The molecule has 1 aromatic heterocycles. The molecule has 2 heterocycles. The summed E-state index contributed by atoms with van der Waals surface area (Å²) in [6, 6.07) is 7.46. The van der Waals surface area contributed by atoms with E-state index in [0.29, 0.717) is 12.1 Å². The highest BCUT2D eigenvalue weighted by atomic mass is 16.1. The number of benzene rings is 1. The van der Waals surface area contributed by atoms with Crippen molar-refractivity contribution < 1.29 is 4.79 Å². The number of hydrogen-bond donors (Lipinski definition) is 1. The number of nitrogens with zero attached hydrogens (tertiary/aromatic N) is 3. The molecule has 0 spiro atoms. The Labute approximate surface area is 92.1 Å². The SMILES string of the molecule is Cc1nnc2n1-c1ccccc1C(=O)NC2. The largest absolute Gasteiger partial charge is 0.345 e. The summed E-state index contributed by atoms with van der Waals surface area (Å²) in [6.07, 6.45) is 0. The summed E-state index contributed by atoms with van der Waals surface area (Å²) in [4.78, 5) is 11.8. The van der Waals surface area contributed by atoms with E-state index < -0.39 is 0 Å². The molecule has 5 nitrogen and oxygen atoms in total. The molecule has 0 aliphatic carbocycles. The number of amides is 1. The second-order valence-electron chi connectivity index (χ2n) is 3.70. The van der Waals surface area contributed by atoms with E-state index in [9.17, 15) is 4.79 Å². The number of aromatic nitrogens is 3. The molecule has 2 aromatic rings. The van der Waals surface area contributed by atoms with Crippen molar-refractivity contribution in [1.29, 1.82) is 0 Å². The molecule has 3 rings (SSSR count). The highest BCUT2D eigenvalue weighted by Gasteiger charge is 2.21. The minimum atomic E-state index is -0.0690. The van der Waals surface area contributed by atoms with Gasteiger partial charge in [0.15, 0.2) is 5.82 Å². The van der Waals surface area contributed by atoms with Gasteiger partial charge in [-0.2, -0.15) is 0 Å². The Morgan fingerprint density at radius 1 is 1.31 bits per heavy atom. The molecule has 1 aliphatic heterocycles. The maximum Gasteiger partial charge on any atom is 0.253 e. The molecule has 16 heavy (non-hydrogen) atoms. The fraction of sp³-hybridized carbons (Fsp3) is 0.182. The van der Waals surface area contributed by atoms with Crippen LogP contribution < -0.4 is 5.32 Å². The Kier molecular flexibility index (Phi) is 1.80. The molecule has 0 saturated heterocycles. The molecule has 0 unspecified atom stereocenters. The lowest BCUT2D eigenvalue weighted by atomic mass is 10.1. The van der Waals surface area contributed by atoms with Crippen LogP contribution in [0, 0.1) is 6.92 Å². The molecule has 0 bridgehead atoms. The highest BCUT2D eigenvalue weighted by molar-refractivity contribution is 5.98. The molecule has 0 radical (unpaired) electrons. The molecule has 80 valence electrons. The molecule has 0 fully saturated rings. The Morgan fingerprint density at radius 2 is 2.12 bits per heavy atom. The average molecular weight is 214 g/mol. The van der Waals surface area contributed by atoms with Crippen LogP contribution in [0.1, 0.15) is 22.0 Å². The van der Waals surface area contributed by atoms with Gasteiger partial charge in [0.05, 0.1) is 17.8 Å². The van der Waals surface area contributed by atoms with Gasteiger partial charge in [-0.05, 0) is 19.1 Å². The van der Waals surface area contributed by atoms with Crippen LogP contribution in [0.2, 0.25) is 0 Å². The van der Waals surface area contributed by atoms with Crippen molar-refractivity contribution in [3.63, 3.8) is 0 Å². The van der Waals surface area contributed by atoms with E-state index in [-0.39, 0.29) is 5.91 Å². The van der Waals surface area contributed by atoms with Gasteiger partial charge >= 0.3 is 0 Å². The first-order valence-corrected chi connectivity index (χ1v) is 5.06. The first-order valence-electron chi connectivity index (χ1n) is 5.06. The number of para-hydroxylation sites is 1. The monoisotopic (exact) mass is 214 g/mol. The molecule has 0 saturated carbocycles. The first-order chi connectivity index (χ1) is 7.77. The Hall–Kier alpha value is -2.17. The van der Waals surface area contributed by atoms with E-state index in [1.807, 2.05) is 29.7 Å². The van der Waals surface area contributed by atoms with Crippen LogP contribution in [0.3, 0.4) is 0 Å². The van der Waals surface area contributed by atoms with Gasteiger partial charge < -0.3 is 5.32 Å². The van der Waals surface area contributed by atoms with Crippen molar-refractivity contribution in [2.45, 2.75) is 13.5 Å². The van der Waals surface area contributed by atoms with E-state index in [4.69, 9.17) is 0 Å². The second-order valence-corrected chi connectivity index (χ2v) is 3.70. The summed E-state index contributed by atoms with van der Waals surface area (Å²) in [5.41, 5.74) is 1.50. The summed E-state index contributed by atoms with van der Waals surface area (Å²) >= 11 is 0. The zero-order valence-electron chi connectivity index (χ0n) is 8.77. The summed E-state index contributed by atoms with van der Waals surface area (Å²) in [5.74, 6) is 1.48. The molecule has 1 N–H and O–H groups in total. The summed E-state index contributed by atoms with van der Waals surface area (Å²) in [6.45, 7) is 2.29. The Balaban J connectivity index is 2.35. The Morgan fingerprint density at radius 3 is 3.00 bits per heavy atom. The van der Waals surface area contributed by atoms with Crippen molar-refractivity contribution >= 4 is 5.91 Å². The minimum Gasteiger partial charge on any atom is -0.345 e. The van der Waals surface area contributed by atoms with Crippen LogP contribution in [-0.4, -0.2) is 20.7 Å². The lowest BCUT2D eigenvalue weighted by molar-refractivity contribution is 0.0952. The number of carbonyl (C=O) groups excluding carboxylic acids is 1. The quantitative estimate of drug-likeness (QED) is 0.706. The summed E-state index contributed by atoms with van der Waals surface area (Å²) in [5, 5.41) is 10.9. The summed E-state index contributed by atoms with van der Waals surface area (Å²) in [7, 11) is 0. The molecule has 1 aliphatic rings. The number of rotatable bonds is 0. The zero-order valence-corrected chi connectivity index (χ0v) is 8.77. The maximum absolute atomic E-state index is 11.8. The molecule has 5 heteroatoms. The van der Waals surface area contributed by atoms with Gasteiger partial charge in [0, 0.05) is 0 Å². The average Bonchev–Trinajstić information content (AvgIpc) is 2.60. The van der Waals surface area contributed by atoms with Crippen LogP contribution in [-0.2, 0) is 6.54 Å². The van der Waals surface area contributed by atoms with Crippen molar-refractivity contribution in [3.8, 4) is 5.69 Å². The molecule has 1 amide bonds. The fourth-order valence-corrected chi connectivity index (χ4v) is 1.95. The van der Waals surface area contributed by atoms with E-state index in [0.717, 1.165) is 17.3 Å². The van der Waals surface area contributed by atoms with E-state index >= 15 is 0 Å². The van der Waals surface area contributed by atoms with E-state index in [1.165, 1.54) is 0 Å². The lowest BCUT2D eigenvalue weighted by Gasteiger charge is -2.07. The number of hydrogen-bond acceptors (Lipinski definition) is 3. The smallest absolute Gasteiger partial charge is 0.253 e. The van der Waals surface area contributed by atoms with Gasteiger partial charge in [-0.25, -0.2) is 0 Å². The van der Waals surface area contributed by atoms with Crippen LogP contribution in [0.15, 0.2) is 24.3 Å². The topological polar surface area (TPSA) is 59.8 Å². The van der Waals surface area contributed by atoms with Crippen molar-refractivity contribution in [3.05, 3.63) is 41.5 Å². The highest BCUT2D eigenvalue weighted by Crippen LogP contribution is 2.20. The van der Waals surface area contributed by atoms with Crippen molar-refractivity contribution in [2.24, 2.45) is 0 Å². The second kappa shape index (κ2) is 3.16. The number of fused-ring (bicyclic) bond motifs is 3. The number of nitrogens with one attached hydrogen (secondary N) is 1. The third-order valence-corrected chi connectivity index (χ3v) is 2.69. The molecule has 0 atom stereocenters.